The highest BCUT2D eigenvalue weighted by Crippen LogP contribution is 2.21. The smallest absolute Gasteiger partial charge is 0.407 e. The van der Waals surface area contributed by atoms with E-state index in [1.54, 1.807) is 12.1 Å². The fourth-order valence-corrected chi connectivity index (χ4v) is 2.38. The molecule has 0 saturated heterocycles. The molecule has 2 aromatic carbocycles. The Morgan fingerprint density at radius 2 is 1.96 bits per heavy atom. The van der Waals surface area contributed by atoms with E-state index in [9.17, 15) is 9.59 Å². The number of carboxylic acids is 1. The highest BCUT2D eigenvalue weighted by molar-refractivity contribution is 5.96. The minimum absolute atomic E-state index is 0.0901. The van der Waals surface area contributed by atoms with E-state index in [2.05, 4.69) is 5.32 Å². The molecule has 4 N–H and O–H groups in total. The standard InChI is InChI=1S/C20H22N2O4/c1-14-11-16(18(21)17(12-14)19(23)24)9-5-6-10-22-20(25)26-13-15-7-3-2-4-8-15/h2-5,7-9,11-12H,6,10,13,21H2,1H3,(H,22,25)(H,23,24). The summed E-state index contributed by atoms with van der Waals surface area (Å²) < 4.78 is 5.11. The van der Waals surface area contributed by atoms with Crippen LogP contribution >= 0.6 is 0 Å². The van der Waals surface area contributed by atoms with Crippen LogP contribution in [0.5, 0.6) is 0 Å². The second-order valence-electron chi connectivity index (χ2n) is 5.80. The Bertz CT molecular complexity index is 801. The molecule has 26 heavy (non-hydrogen) atoms. The van der Waals surface area contributed by atoms with Crippen LogP contribution in [0.4, 0.5) is 10.5 Å². The first-order valence-electron chi connectivity index (χ1n) is 8.22. The number of aryl methyl sites for hydroxylation is 1. The number of rotatable bonds is 7. The van der Waals surface area contributed by atoms with Crippen molar-refractivity contribution in [2.45, 2.75) is 20.0 Å². The Kier molecular flexibility index (Phi) is 6.79. The van der Waals surface area contributed by atoms with E-state index in [1.807, 2.05) is 49.4 Å². The number of alkyl carbamates (subject to hydrolysis) is 1. The van der Waals surface area contributed by atoms with Gasteiger partial charge in [-0.05, 0) is 42.2 Å². The third-order valence-electron chi connectivity index (χ3n) is 3.68. The van der Waals surface area contributed by atoms with Gasteiger partial charge in [-0.3, -0.25) is 0 Å². The summed E-state index contributed by atoms with van der Waals surface area (Å²) in [5.74, 6) is -1.05. The molecule has 6 nitrogen and oxygen atoms in total. The van der Waals surface area contributed by atoms with Crippen molar-refractivity contribution < 1.29 is 19.4 Å². The predicted octanol–water partition coefficient (Wildman–Crippen LogP) is 3.61. The maximum atomic E-state index is 11.6. The Hall–Kier alpha value is -3.28. The second-order valence-corrected chi connectivity index (χ2v) is 5.80. The van der Waals surface area contributed by atoms with Crippen LogP contribution in [-0.4, -0.2) is 23.7 Å². The molecule has 6 heteroatoms. The number of anilines is 1. The highest BCUT2D eigenvalue weighted by atomic mass is 16.5. The number of amides is 1. The third-order valence-corrected chi connectivity index (χ3v) is 3.68. The fraction of sp³-hybridized carbons (Fsp3) is 0.200. The van der Waals surface area contributed by atoms with Crippen molar-refractivity contribution in [3.05, 3.63) is 70.8 Å². The zero-order chi connectivity index (χ0) is 18.9. The number of aromatic carboxylic acids is 1. The Labute approximate surface area is 152 Å². The van der Waals surface area contributed by atoms with Gasteiger partial charge in [0, 0.05) is 6.54 Å². The van der Waals surface area contributed by atoms with Gasteiger partial charge in [0.1, 0.15) is 6.61 Å². The van der Waals surface area contributed by atoms with Crippen LogP contribution in [0.15, 0.2) is 48.5 Å². The number of benzene rings is 2. The van der Waals surface area contributed by atoms with Crippen molar-refractivity contribution >= 4 is 23.8 Å². The first kappa shape index (κ1) is 19.1. The van der Waals surface area contributed by atoms with E-state index in [0.717, 1.165) is 11.1 Å². The molecule has 2 rings (SSSR count). The molecule has 0 bridgehead atoms. The molecule has 0 aliphatic heterocycles. The molecule has 0 atom stereocenters. The van der Waals surface area contributed by atoms with Crippen molar-refractivity contribution in [2.75, 3.05) is 12.3 Å². The molecule has 0 spiro atoms. The van der Waals surface area contributed by atoms with E-state index in [1.165, 1.54) is 0 Å². The lowest BCUT2D eigenvalue weighted by atomic mass is 10.0. The van der Waals surface area contributed by atoms with Crippen LogP contribution in [0.3, 0.4) is 0 Å². The van der Waals surface area contributed by atoms with Crippen LogP contribution in [0.2, 0.25) is 0 Å². The number of carbonyl (C=O) groups is 2. The van der Waals surface area contributed by atoms with E-state index in [-0.39, 0.29) is 17.9 Å². The summed E-state index contributed by atoms with van der Waals surface area (Å²) in [5, 5.41) is 11.8. The topological polar surface area (TPSA) is 102 Å². The Morgan fingerprint density at radius 1 is 1.23 bits per heavy atom. The molecule has 0 saturated carbocycles. The molecule has 1 amide bonds. The van der Waals surface area contributed by atoms with Gasteiger partial charge in [-0.1, -0.05) is 42.5 Å². The molecule has 0 fully saturated rings. The van der Waals surface area contributed by atoms with E-state index in [4.69, 9.17) is 15.6 Å². The largest absolute Gasteiger partial charge is 0.478 e. The number of carboxylic acid groups (broad SMARTS) is 1. The number of nitrogens with one attached hydrogen (secondary N) is 1. The molecule has 0 heterocycles. The lowest BCUT2D eigenvalue weighted by Crippen LogP contribution is -2.24. The van der Waals surface area contributed by atoms with Crippen molar-refractivity contribution in [3.8, 4) is 0 Å². The first-order valence-corrected chi connectivity index (χ1v) is 8.22. The molecule has 2 aromatic rings. The molecular weight excluding hydrogens is 332 g/mol. The summed E-state index contributed by atoms with van der Waals surface area (Å²) in [6.45, 7) is 2.44. The lowest BCUT2D eigenvalue weighted by Gasteiger charge is -2.07. The maximum absolute atomic E-state index is 11.6. The summed E-state index contributed by atoms with van der Waals surface area (Å²) >= 11 is 0. The Morgan fingerprint density at radius 3 is 2.65 bits per heavy atom. The summed E-state index contributed by atoms with van der Waals surface area (Å²) in [6.07, 6.45) is 3.67. The summed E-state index contributed by atoms with van der Waals surface area (Å²) in [5.41, 5.74) is 8.60. The van der Waals surface area contributed by atoms with Gasteiger partial charge >= 0.3 is 12.1 Å². The molecule has 0 unspecified atom stereocenters. The molecule has 0 radical (unpaired) electrons. The van der Waals surface area contributed by atoms with Crippen molar-refractivity contribution in [1.82, 2.24) is 5.32 Å². The summed E-state index contributed by atoms with van der Waals surface area (Å²) in [4.78, 5) is 22.8. The average molecular weight is 354 g/mol. The zero-order valence-electron chi connectivity index (χ0n) is 14.6. The molecule has 0 aliphatic carbocycles. The minimum Gasteiger partial charge on any atom is -0.478 e. The van der Waals surface area contributed by atoms with Crippen LogP contribution in [0.25, 0.3) is 6.08 Å². The number of nitrogen functional groups attached to an aromatic ring is 1. The average Bonchev–Trinajstić information content (AvgIpc) is 2.62. The van der Waals surface area contributed by atoms with E-state index < -0.39 is 12.1 Å². The van der Waals surface area contributed by atoms with Gasteiger partial charge < -0.3 is 20.9 Å². The molecule has 136 valence electrons. The fourth-order valence-electron chi connectivity index (χ4n) is 2.38. The third kappa shape index (κ3) is 5.66. The van der Waals surface area contributed by atoms with E-state index >= 15 is 0 Å². The Balaban J connectivity index is 1.79. The second kappa shape index (κ2) is 9.27. The van der Waals surface area contributed by atoms with Crippen molar-refractivity contribution in [3.63, 3.8) is 0 Å². The van der Waals surface area contributed by atoms with Crippen LogP contribution < -0.4 is 11.1 Å². The van der Waals surface area contributed by atoms with Crippen molar-refractivity contribution in [2.24, 2.45) is 0 Å². The van der Waals surface area contributed by atoms with Gasteiger partial charge in [-0.15, -0.1) is 0 Å². The number of hydrogen-bond donors (Lipinski definition) is 3. The van der Waals surface area contributed by atoms with Gasteiger partial charge in [0.2, 0.25) is 0 Å². The predicted molar refractivity (Wildman–Crippen MR) is 101 cm³/mol. The zero-order valence-corrected chi connectivity index (χ0v) is 14.6. The minimum atomic E-state index is -1.05. The number of hydrogen-bond acceptors (Lipinski definition) is 4. The van der Waals surface area contributed by atoms with Crippen LogP contribution in [-0.2, 0) is 11.3 Å². The molecular formula is C20H22N2O4. The lowest BCUT2D eigenvalue weighted by molar-refractivity contribution is 0.0698. The number of ether oxygens (including phenoxy) is 1. The number of carbonyl (C=O) groups excluding carboxylic acids is 1. The van der Waals surface area contributed by atoms with Crippen LogP contribution in [0, 0.1) is 6.92 Å². The quantitative estimate of drug-likeness (QED) is 0.521. The van der Waals surface area contributed by atoms with Gasteiger partial charge in [0.15, 0.2) is 0 Å². The molecule has 0 aliphatic rings. The van der Waals surface area contributed by atoms with Gasteiger partial charge in [-0.25, -0.2) is 9.59 Å². The SMILES string of the molecule is Cc1cc(C=CCCNC(=O)OCc2ccccc2)c(N)c(C(=O)O)c1. The van der Waals surface area contributed by atoms with Crippen molar-refractivity contribution in [1.29, 1.82) is 0 Å². The normalized spacial score (nSPS) is 10.7. The van der Waals surface area contributed by atoms with Gasteiger partial charge in [-0.2, -0.15) is 0 Å². The van der Waals surface area contributed by atoms with E-state index in [0.29, 0.717) is 18.5 Å². The first-order chi connectivity index (χ1) is 12.5. The number of nitrogens with two attached hydrogens (primary N) is 1. The van der Waals surface area contributed by atoms with Gasteiger partial charge in [0.05, 0.1) is 11.3 Å². The highest BCUT2D eigenvalue weighted by Gasteiger charge is 2.11. The summed E-state index contributed by atoms with van der Waals surface area (Å²) in [7, 11) is 0. The van der Waals surface area contributed by atoms with Gasteiger partial charge in [0.25, 0.3) is 0 Å². The molecule has 0 aromatic heterocycles. The monoisotopic (exact) mass is 354 g/mol. The summed E-state index contributed by atoms with van der Waals surface area (Å²) in [6, 6.07) is 12.8. The maximum Gasteiger partial charge on any atom is 0.407 e. The van der Waals surface area contributed by atoms with Crippen LogP contribution in [0.1, 0.15) is 33.5 Å².